The van der Waals surface area contributed by atoms with E-state index in [2.05, 4.69) is 82.8 Å². The number of hydrogen-bond donors (Lipinski definition) is 1. The highest BCUT2D eigenvalue weighted by molar-refractivity contribution is 6.34. The molecule has 0 aromatic carbocycles. The Hall–Kier alpha value is -4.77. The van der Waals surface area contributed by atoms with Gasteiger partial charge in [-0.1, -0.05) is 20.8 Å². The van der Waals surface area contributed by atoms with Crippen LogP contribution in [0.5, 0.6) is 0 Å². The molecule has 57 heavy (non-hydrogen) atoms. The van der Waals surface area contributed by atoms with Crippen molar-refractivity contribution in [2.24, 2.45) is 26.8 Å². The monoisotopic (exact) mass is 773 g/mol. The maximum atomic E-state index is 12.6. The molecule has 0 saturated heterocycles. The number of allylic oxidation sites excluding steroid dienone is 13. The number of pyridine rings is 1. The first-order chi connectivity index (χ1) is 27.6. The van der Waals surface area contributed by atoms with Crippen molar-refractivity contribution in [2.45, 2.75) is 86.6 Å². The highest BCUT2D eigenvalue weighted by Crippen LogP contribution is 2.51. The zero-order valence-electron chi connectivity index (χ0n) is 34.9. The number of methoxy groups -OCH3 is 2. The molecular formula is C47H57N4O6+. The van der Waals surface area contributed by atoms with E-state index >= 15 is 0 Å². The summed E-state index contributed by atoms with van der Waals surface area (Å²) in [5, 5.41) is 11.6. The van der Waals surface area contributed by atoms with Crippen molar-refractivity contribution in [3.63, 3.8) is 0 Å². The zero-order chi connectivity index (χ0) is 40.4. The average Bonchev–Trinajstić information content (AvgIpc) is 3.97. The molecule has 1 aromatic rings. The van der Waals surface area contributed by atoms with Crippen LogP contribution in [0.4, 0.5) is 0 Å². The van der Waals surface area contributed by atoms with E-state index < -0.39 is 0 Å². The van der Waals surface area contributed by atoms with Crippen LogP contribution < -0.4 is 4.57 Å². The number of aliphatic imine (C=N–C) groups is 3. The van der Waals surface area contributed by atoms with Crippen LogP contribution in [0.15, 0.2) is 125 Å². The maximum Gasteiger partial charge on any atom is 0.305 e. The summed E-state index contributed by atoms with van der Waals surface area (Å²) in [6.07, 6.45) is 12.3. The van der Waals surface area contributed by atoms with Gasteiger partial charge in [0.2, 0.25) is 0 Å². The molecular weight excluding hydrogens is 717 g/mol. The largest absolute Gasteiger partial charge is 0.511 e. The van der Waals surface area contributed by atoms with Gasteiger partial charge in [-0.15, -0.1) is 0 Å². The molecule has 7 rings (SSSR count). The minimum Gasteiger partial charge on any atom is -0.511 e. The first-order valence-corrected chi connectivity index (χ1v) is 20.5. The van der Waals surface area contributed by atoms with E-state index in [1.165, 1.54) is 29.4 Å². The zero-order valence-corrected chi connectivity index (χ0v) is 34.9. The number of aromatic nitrogens is 1. The van der Waals surface area contributed by atoms with E-state index in [-0.39, 0.29) is 24.2 Å². The molecule has 2 atom stereocenters. The number of aliphatic hydroxyl groups excluding tert-OH is 1. The van der Waals surface area contributed by atoms with Crippen molar-refractivity contribution in [1.29, 1.82) is 0 Å². The van der Waals surface area contributed by atoms with Crippen molar-refractivity contribution < 1.29 is 33.4 Å². The summed E-state index contributed by atoms with van der Waals surface area (Å²) in [6, 6.07) is 4.30. The second-order valence-corrected chi connectivity index (χ2v) is 15.5. The molecule has 2 aliphatic carbocycles. The molecule has 0 spiro atoms. The van der Waals surface area contributed by atoms with Crippen molar-refractivity contribution in [3.05, 3.63) is 115 Å². The summed E-state index contributed by atoms with van der Waals surface area (Å²) in [7, 11) is 3.11. The molecule has 300 valence electrons. The molecule has 1 aromatic heterocycles. The fourth-order valence-electron chi connectivity index (χ4n) is 9.15. The summed E-state index contributed by atoms with van der Waals surface area (Å²) >= 11 is 0. The maximum absolute atomic E-state index is 12.6. The summed E-state index contributed by atoms with van der Waals surface area (Å²) in [5.74, 6) is 0.0552. The predicted octanol–water partition coefficient (Wildman–Crippen LogP) is 8.40. The Labute approximate surface area is 337 Å². The summed E-state index contributed by atoms with van der Waals surface area (Å²) < 4.78 is 23.7. The molecule has 8 bridgehead atoms. The number of nitrogens with zero attached hydrogens (tertiary/aromatic N) is 4. The number of carbonyl (C=O) groups excluding carboxylic acids is 1. The van der Waals surface area contributed by atoms with E-state index in [9.17, 15) is 9.90 Å². The lowest BCUT2D eigenvalue weighted by atomic mass is 9.80. The first-order valence-electron chi connectivity index (χ1n) is 20.5. The Morgan fingerprint density at radius 2 is 1.51 bits per heavy atom. The lowest BCUT2D eigenvalue weighted by molar-refractivity contribution is -0.698. The SMILES string of the molecule is CCC1=C(C)C2=NC1=CC1=C(C)C3=C(O)CC(=C3C1)C1=NC(=C(c3cc[n+](CCOCCOCCOC)cc3)C3=NC(=C2)C(CC)=C3C)[C@@H](C)[C@@H]1CCC(=O)OC. The predicted molar refractivity (Wildman–Crippen MR) is 224 cm³/mol. The molecule has 6 aliphatic rings. The standard InChI is InChI=1S/C47H56N4O6/c1-9-33-28(4)38-26-40-34(10-2)29(5)45(49-40)44(31-13-15-51(16-14-31)17-18-56-21-22-57-20-19-54-7)46-30(6)35(11-12-42(53)55-8)47(50-46)37-25-41(52)43-27(3)32(23-36(37)43)24-39(33)48-38/h13-16,24,26,30,35H,9-12,17-23,25H2,1-8H3/p+1/t30-,35-/m0/s1. The Balaban J connectivity index is 1.37. The van der Waals surface area contributed by atoms with Gasteiger partial charge < -0.3 is 24.1 Å². The van der Waals surface area contributed by atoms with Crippen molar-refractivity contribution in [2.75, 3.05) is 47.3 Å². The summed E-state index contributed by atoms with van der Waals surface area (Å²) in [5.41, 5.74) is 17.8. The van der Waals surface area contributed by atoms with E-state index in [1.807, 2.05) is 0 Å². The summed E-state index contributed by atoms with van der Waals surface area (Å²) in [6.45, 7) is 16.5. The topological polar surface area (TPSA) is 115 Å². The van der Waals surface area contributed by atoms with Gasteiger partial charge in [-0.05, 0) is 109 Å². The average molecular weight is 774 g/mol. The Bertz CT molecular complexity index is 2200. The van der Waals surface area contributed by atoms with E-state index in [1.54, 1.807) is 7.11 Å². The highest BCUT2D eigenvalue weighted by atomic mass is 16.5. The van der Waals surface area contributed by atoms with Gasteiger partial charge in [0, 0.05) is 60.8 Å². The van der Waals surface area contributed by atoms with Gasteiger partial charge in [0.25, 0.3) is 0 Å². The van der Waals surface area contributed by atoms with Gasteiger partial charge in [0.1, 0.15) is 12.4 Å². The van der Waals surface area contributed by atoms with Crippen molar-refractivity contribution in [1.82, 2.24) is 0 Å². The lowest BCUT2D eigenvalue weighted by Crippen LogP contribution is -2.35. The molecule has 0 saturated carbocycles. The third-order valence-corrected chi connectivity index (χ3v) is 12.3. The third kappa shape index (κ3) is 7.79. The molecule has 0 radical (unpaired) electrons. The Morgan fingerprint density at radius 1 is 0.825 bits per heavy atom. The second kappa shape index (κ2) is 17.4. The van der Waals surface area contributed by atoms with Crippen LogP contribution in [0.3, 0.4) is 0 Å². The Kier molecular flexibility index (Phi) is 12.3. The van der Waals surface area contributed by atoms with Crippen LogP contribution in [-0.4, -0.2) is 75.5 Å². The van der Waals surface area contributed by atoms with Crippen LogP contribution in [0.1, 0.15) is 85.6 Å². The quantitative estimate of drug-likeness (QED) is 0.109. The molecule has 1 N–H and O–H groups in total. The number of aliphatic hydroxyl groups is 1. The van der Waals surface area contributed by atoms with Crippen LogP contribution in [0.2, 0.25) is 0 Å². The van der Waals surface area contributed by atoms with E-state index in [4.69, 9.17) is 33.9 Å². The summed E-state index contributed by atoms with van der Waals surface area (Å²) in [4.78, 5) is 29.0. The van der Waals surface area contributed by atoms with Gasteiger partial charge >= 0.3 is 5.97 Å². The highest BCUT2D eigenvalue weighted by Gasteiger charge is 2.42. The molecule has 0 fully saturated rings. The van der Waals surface area contributed by atoms with Gasteiger partial charge in [-0.3, -0.25) is 9.79 Å². The fraction of sp³-hybridized carbons (Fsp3) is 0.468. The Morgan fingerprint density at radius 3 is 2.21 bits per heavy atom. The minimum absolute atomic E-state index is 0.0372. The second-order valence-electron chi connectivity index (χ2n) is 15.5. The third-order valence-electron chi connectivity index (χ3n) is 12.3. The van der Waals surface area contributed by atoms with Crippen LogP contribution in [0.25, 0.3) is 5.57 Å². The number of ether oxygens (including phenoxy) is 4. The van der Waals surface area contributed by atoms with Crippen molar-refractivity contribution in [3.8, 4) is 0 Å². The van der Waals surface area contributed by atoms with Gasteiger partial charge in [-0.25, -0.2) is 14.6 Å². The minimum atomic E-state index is -0.237. The number of rotatable bonds is 15. The smallest absolute Gasteiger partial charge is 0.305 e. The number of carbonyl (C=O) groups is 1. The van der Waals surface area contributed by atoms with Crippen LogP contribution in [-0.2, 0) is 30.3 Å². The molecule has 10 nitrogen and oxygen atoms in total. The van der Waals surface area contributed by atoms with E-state index in [0.717, 1.165) is 86.1 Å². The van der Waals surface area contributed by atoms with Crippen molar-refractivity contribution >= 4 is 28.7 Å². The lowest BCUT2D eigenvalue weighted by Gasteiger charge is -2.21. The van der Waals surface area contributed by atoms with Gasteiger partial charge in [0.05, 0.1) is 62.1 Å². The molecule has 10 heteroatoms. The molecule has 0 unspecified atom stereocenters. The molecule has 5 heterocycles. The number of hydrogen-bond acceptors (Lipinski definition) is 9. The normalized spacial score (nSPS) is 21.6. The molecule has 0 amide bonds. The van der Waals surface area contributed by atoms with Crippen LogP contribution >= 0.6 is 0 Å². The first kappa shape index (κ1) is 40.4. The fourth-order valence-corrected chi connectivity index (χ4v) is 9.15. The number of fused-ring (bicyclic) bond motifs is 5. The van der Waals surface area contributed by atoms with Crippen LogP contribution in [0, 0.1) is 11.8 Å². The molecule has 4 aliphatic heterocycles. The van der Waals surface area contributed by atoms with Gasteiger partial charge in [-0.2, -0.15) is 0 Å². The van der Waals surface area contributed by atoms with Gasteiger partial charge in [0.15, 0.2) is 18.9 Å². The van der Waals surface area contributed by atoms with E-state index in [0.29, 0.717) is 64.6 Å². The number of esters is 1.